The van der Waals surface area contributed by atoms with E-state index < -0.39 is 46.7 Å². The lowest BCUT2D eigenvalue weighted by Crippen LogP contribution is -2.35. The largest absolute Gasteiger partial charge is 0.496 e. The van der Waals surface area contributed by atoms with Gasteiger partial charge in [0.1, 0.15) is 52.5 Å². The molecule has 13 heterocycles. The summed E-state index contributed by atoms with van der Waals surface area (Å²) in [7, 11) is 1.39. The highest BCUT2D eigenvalue weighted by Crippen LogP contribution is 2.36. The number of alkyl halides is 3. The van der Waals surface area contributed by atoms with Gasteiger partial charge in [0.25, 0.3) is 23.6 Å². The molecule has 0 atom stereocenters. The van der Waals surface area contributed by atoms with E-state index in [-0.39, 0.29) is 35.2 Å². The van der Waals surface area contributed by atoms with Crippen molar-refractivity contribution in [1.82, 2.24) is 105 Å². The van der Waals surface area contributed by atoms with Gasteiger partial charge in [0.2, 0.25) is 0 Å². The predicted octanol–water partition coefficient (Wildman–Crippen LogP) is 15.7. The van der Waals surface area contributed by atoms with Gasteiger partial charge >= 0.3 is 6.18 Å². The lowest BCUT2D eigenvalue weighted by atomic mass is 10.1. The number of hydrogen-bond donors (Lipinski definition) is 12. The summed E-state index contributed by atoms with van der Waals surface area (Å²) in [6, 6.07) is 56.2. The molecule has 0 unspecified atom stereocenters. The van der Waals surface area contributed by atoms with E-state index in [1.54, 1.807) is 18.5 Å². The highest BCUT2D eigenvalue weighted by molar-refractivity contribution is 6.10. The Hall–Kier alpha value is -16.3. The third-order valence-electron chi connectivity index (χ3n) is 23.9. The average Bonchev–Trinajstić information content (AvgIpc) is 1.71. The van der Waals surface area contributed by atoms with Crippen LogP contribution in [0.2, 0.25) is 0 Å². The topological polar surface area (TPSA) is 440 Å². The molecule has 4 fully saturated rings. The summed E-state index contributed by atoms with van der Waals surface area (Å²) in [5.74, 6) is -0.284. The lowest BCUT2D eigenvalue weighted by molar-refractivity contribution is -0.137. The van der Waals surface area contributed by atoms with Crippen LogP contribution in [0.5, 0.6) is 11.5 Å². The van der Waals surface area contributed by atoms with E-state index in [1.165, 1.54) is 60.8 Å². The van der Waals surface area contributed by atoms with Crippen molar-refractivity contribution >= 4 is 90.5 Å². The molecule has 720 valence electrons. The second-order valence-corrected chi connectivity index (χ2v) is 33.4. The Morgan fingerprint density at radius 3 is 1.18 bits per heavy atom. The van der Waals surface area contributed by atoms with Crippen LogP contribution in [0, 0.1) is 11.6 Å². The number of anilines is 4. The number of aromatic nitrogens is 17. The molecule has 0 saturated carbocycles. The van der Waals surface area contributed by atoms with Crippen molar-refractivity contribution in [3.05, 3.63) is 293 Å². The van der Waals surface area contributed by atoms with Gasteiger partial charge in [-0.1, -0.05) is 91.0 Å². The van der Waals surface area contributed by atoms with Crippen LogP contribution in [0.3, 0.4) is 0 Å². The van der Waals surface area contributed by atoms with Gasteiger partial charge in [0.15, 0.2) is 41.1 Å². The number of morpholine rings is 4. The van der Waals surface area contributed by atoms with Crippen molar-refractivity contribution in [2.75, 3.05) is 134 Å². The number of nitrogens with zero attached hydrogens (tertiary/aromatic N) is 13. The van der Waals surface area contributed by atoms with Gasteiger partial charge in [-0.2, -0.15) is 33.6 Å². The number of nitrogens with one attached hydrogen (secondary N) is 12. The molecule has 4 saturated heterocycles. The number of oxazole rings is 1. The number of imidazole rings is 4. The number of carbonyl (C=O) groups excluding carboxylic acids is 4. The molecule has 12 N–H and O–H groups in total. The minimum absolute atomic E-state index is 0.138. The van der Waals surface area contributed by atoms with E-state index in [2.05, 4.69) is 153 Å². The Labute approximate surface area is 799 Å². The van der Waals surface area contributed by atoms with Crippen LogP contribution >= 0.6 is 0 Å². The number of ether oxygens (including phenoxy) is 6. The Morgan fingerprint density at radius 2 is 0.780 bits per heavy atom. The smallest absolute Gasteiger partial charge is 0.416 e. The maximum Gasteiger partial charge on any atom is 0.416 e. The number of hydrogen-bond acceptors (Lipinski definition) is 24. The van der Waals surface area contributed by atoms with Gasteiger partial charge < -0.3 is 74.0 Å². The zero-order valence-corrected chi connectivity index (χ0v) is 75.9. The molecule has 4 aliphatic rings. The SMILES string of the molecule is COc1cc(F)ccc1C(=O)Nc1cn[nH]c1-c1nc2ccc(CN3CCOCC3)cc2[nH]1.O=C(Nc1cn[nH]c1-c1nc2ccc(CN3CCOCC3)cc2[nH]1)c1cc(C(F)(F)F)ccc1F.O=C(Nc1cn[nH]c1-c1nc2ccc(CN3CCOCC3)cc2[nH]1)c1ccccc1COc1ccccc1.O=C(Nc1cn[nH]c1-c1nc2ccc(CN3CCOCC3)cc2[nH]1)c1ncoc1-c1ccccc1. The van der Waals surface area contributed by atoms with Crippen LogP contribution < -0.4 is 30.7 Å². The Bertz CT molecular complexity index is 7410. The molecule has 36 nitrogen and oxygen atoms in total. The van der Waals surface area contributed by atoms with Crippen molar-refractivity contribution in [3.8, 4) is 68.9 Å². The fourth-order valence-electron chi connectivity index (χ4n) is 16.6. The minimum Gasteiger partial charge on any atom is -0.496 e. The van der Waals surface area contributed by atoms with Gasteiger partial charge in [0.05, 0.1) is 168 Å². The summed E-state index contributed by atoms with van der Waals surface area (Å²) >= 11 is 0. The van der Waals surface area contributed by atoms with Crippen LogP contribution in [0.4, 0.5) is 44.7 Å². The predicted molar refractivity (Wildman–Crippen MR) is 514 cm³/mol. The molecule has 9 aromatic carbocycles. The summed E-state index contributed by atoms with van der Waals surface area (Å²) in [6.45, 7) is 16.9. The van der Waals surface area contributed by atoms with Crippen molar-refractivity contribution < 1.29 is 74.0 Å². The molecule has 9 aromatic heterocycles. The Kier molecular flexibility index (Phi) is 28.7. The van der Waals surface area contributed by atoms with Crippen LogP contribution in [0.1, 0.15) is 74.9 Å². The minimum atomic E-state index is -4.71. The zero-order valence-electron chi connectivity index (χ0n) is 75.9. The van der Waals surface area contributed by atoms with Crippen LogP contribution in [-0.2, 0) is 57.9 Å². The van der Waals surface area contributed by atoms with E-state index in [1.807, 2.05) is 115 Å². The number of carbonyl (C=O) groups is 4. The zero-order chi connectivity index (χ0) is 96.7. The number of H-pyrrole nitrogens is 8. The van der Waals surface area contributed by atoms with E-state index in [0.29, 0.717) is 111 Å². The third-order valence-corrected chi connectivity index (χ3v) is 23.9. The number of fused-ring (bicyclic) bond motifs is 4. The fourth-order valence-corrected chi connectivity index (χ4v) is 16.6. The van der Waals surface area contributed by atoms with E-state index in [0.717, 1.165) is 179 Å². The fraction of sp³-hybridized carbons (Fsp3) is 0.230. The first-order chi connectivity index (χ1) is 68.8. The molecule has 0 aliphatic carbocycles. The van der Waals surface area contributed by atoms with Gasteiger partial charge in [0, 0.05) is 101 Å². The molecule has 141 heavy (non-hydrogen) atoms. The molecule has 41 heteroatoms. The van der Waals surface area contributed by atoms with Crippen LogP contribution in [-0.4, -0.2) is 241 Å². The number of aromatic amines is 8. The molecule has 0 radical (unpaired) electrons. The number of amides is 4. The summed E-state index contributed by atoms with van der Waals surface area (Å²) in [4.78, 5) is 97.0. The molecular formula is C100H94F5N25O11. The van der Waals surface area contributed by atoms with E-state index in [4.69, 9.17) is 42.8 Å². The van der Waals surface area contributed by atoms with Gasteiger partial charge in [-0.3, -0.25) is 59.2 Å². The van der Waals surface area contributed by atoms with Gasteiger partial charge in [-0.15, -0.1) is 0 Å². The molecule has 4 aliphatic heterocycles. The van der Waals surface area contributed by atoms with Crippen molar-refractivity contribution in [3.63, 3.8) is 0 Å². The van der Waals surface area contributed by atoms with E-state index >= 15 is 0 Å². The average molecular weight is 1920 g/mol. The second kappa shape index (κ2) is 43.2. The normalized spacial score (nSPS) is 14.5. The number of methoxy groups -OCH3 is 1. The van der Waals surface area contributed by atoms with Crippen molar-refractivity contribution in [2.45, 2.75) is 39.0 Å². The van der Waals surface area contributed by atoms with Crippen LogP contribution in [0.25, 0.3) is 102 Å². The van der Waals surface area contributed by atoms with Gasteiger partial charge in [-0.05, 0) is 119 Å². The first kappa shape index (κ1) is 93.7. The quantitative estimate of drug-likeness (QED) is 0.0236. The lowest BCUT2D eigenvalue weighted by Gasteiger charge is -2.26. The third kappa shape index (κ3) is 22.8. The van der Waals surface area contributed by atoms with Crippen molar-refractivity contribution in [1.29, 1.82) is 0 Å². The maximum atomic E-state index is 14.1. The molecule has 4 amide bonds. The molecule has 22 rings (SSSR count). The Morgan fingerprint density at radius 1 is 0.404 bits per heavy atom. The molecular weight excluding hydrogens is 1820 g/mol. The summed E-state index contributed by atoms with van der Waals surface area (Å²) in [5.41, 5.74) is 15.7. The standard InChI is InChI=1S/C29H28N6O3.C25H23N7O3.C23H20F4N6O2.C23H23FN6O3/c36-29(23-9-5-4-6-21(23)19-38-22-7-2-1-3-8-22)33-26-17-30-34-27(26)28-31-24-11-10-20(16-25(24)32-28)18-35-12-14-37-15-13-35;33-25(22-23(35-15-26-22)17-4-2-1-3-5-17)30-20-13-27-31-21(20)24-28-18-7-6-16(12-19(18)29-24)14-32-8-10-34-11-9-32;24-16-3-2-14(23(25,26)27)10-15(16)22(34)31-19-11-28-32-20(19)21-29-17-4-1-13(9-18(17)30-21)12-33-5-7-35-8-6-33;1-32-20-11-15(24)3-4-16(20)23(31)28-19-12-25-29-21(19)22-26-17-5-2-14(10-18(17)27-22)13-30-6-8-33-9-7-30/h1-11,16-17H,12-15,18-19H2,(H,30,34)(H,31,32)(H,33,36);1-7,12-13,15H,8-11,14H2,(H,27,31)(H,28,29)(H,30,33);1-4,9-11H,5-8,12H2,(H,28,32)(H,29,30)(H,31,34);2-5,10-12H,6-9,13H2,1H3,(H,25,29)(H,26,27)(H,28,31). The highest BCUT2D eigenvalue weighted by atomic mass is 19.4. The molecule has 0 bridgehead atoms. The maximum absolute atomic E-state index is 14.1. The Balaban J connectivity index is 0.000000120. The number of para-hydroxylation sites is 1. The monoisotopic (exact) mass is 1920 g/mol. The summed E-state index contributed by atoms with van der Waals surface area (Å²) in [5, 5.41) is 38.8. The number of benzene rings is 9. The summed E-state index contributed by atoms with van der Waals surface area (Å²) < 4.78 is 105. The van der Waals surface area contributed by atoms with E-state index in [9.17, 15) is 41.1 Å². The first-order valence-corrected chi connectivity index (χ1v) is 45.4. The first-order valence-electron chi connectivity index (χ1n) is 45.4. The van der Waals surface area contributed by atoms with Crippen LogP contribution in [0.15, 0.2) is 230 Å². The number of rotatable bonds is 25. The molecule has 18 aromatic rings. The highest BCUT2D eigenvalue weighted by Gasteiger charge is 2.33. The molecule has 0 spiro atoms. The summed E-state index contributed by atoms with van der Waals surface area (Å²) in [6.07, 6.45) is 2.47. The van der Waals surface area contributed by atoms with Crippen molar-refractivity contribution in [2.24, 2.45) is 0 Å². The second-order valence-electron chi connectivity index (χ2n) is 33.4. The van der Waals surface area contributed by atoms with Gasteiger partial charge in [-0.25, -0.2) is 33.7 Å². The number of halogens is 5.